The number of ether oxygens (including phenoxy) is 2. The molecule has 4 heteroatoms. The van der Waals surface area contributed by atoms with E-state index in [9.17, 15) is 9.59 Å². The maximum Gasteiger partial charge on any atom is 0.341 e. The summed E-state index contributed by atoms with van der Waals surface area (Å²) in [7, 11) is 0. The van der Waals surface area contributed by atoms with E-state index in [1.807, 2.05) is 6.08 Å². The summed E-state index contributed by atoms with van der Waals surface area (Å²) < 4.78 is 9.80. The molecule has 0 aromatic rings. The van der Waals surface area contributed by atoms with E-state index >= 15 is 0 Å². The molecular formula is C15H24O4. The molecule has 0 unspecified atom stereocenters. The van der Waals surface area contributed by atoms with E-state index in [-0.39, 0.29) is 12.2 Å². The lowest BCUT2D eigenvalue weighted by molar-refractivity contribution is -0.141. The van der Waals surface area contributed by atoms with Crippen molar-refractivity contribution in [1.82, 2.24) is 0 Å². The quantitative estimate of drug-likeness (QED) is 0.385. The first kappa shape index (κ1) is 17.4. The second-order valence-electron chi connectivity index (χ2n) is 4.51. The molecule has 0 spiro atoms. The van der Waals surface area contributed by atoms with Crippen LogP contribution in [0.25, 0.3) is 0 Å². The molecule has 0 atom stereocenters. The Bertz CT molecular complexity index is 351. The van der Waals surface area contributed by atoms with Crippen molar-refractivity contribution in [2.75, 3.05) is 6.61 Å². The number of esters is 2. The van der Waals surface area contributed by atoms with E-state index in [2.05, 4.69) is 25.2 Å². The van der Waals surface area contributed by atoms with E-state index in [4.69, 9.17) is 4.74 Å². The molecule has 0 aromatic carbocycles. The minimum absolute atomic E-state index is 0.130. The summed E-state index contributed by atoms with van der Waals surface area (Å²) in [4.78, 5) is 22.2. The van der Waals surface area contributed by atoms with Crippen LogP contribution < -0.4 is 0 Å². The second-order valence-corrected chi connectivity index (χ2v) is 4.51. The Morgan fingerprint density at radius 3 is 2.26 bits per heavy atom. The average Bonchev–Trinajstić information content (AvgIpc) is 2.36. The van der Waals surface area contributed by atoms with Crippen LogP contribution in [0.5, 0.6) is 0 Å². The first-order valence-electron chi connectivity index (χ1n) is 6.60. The fourth-order valence-corrected chi connectivity index (χ4v) is 1.46. The van der Waals surface area contributed by atoms with E-state index in [0.717, 1.165) is 19.3 Å². The van der Waals surface area contributed by atoms with E-state index in [1.54, 1.807) is 6.92 Å². The smallest absolute Gasteiger partial charge is 0.341 e. The highest BCUT2D eigenvalue weighted by Gasteiger charge is 2.11. The van der Waals surface area contributed by atoms with Gasteiger partial charge in [-0.2, -0.15) is 0 Å². The van der Waals surface area contributed by atoms with Crippen molar-refractivity contribution in [3.63, 3.8) is 0 Å². The lowest BCUT2D eigenvalue weighted by Gasteiger charge is -2.10. The Kier molecular flexibility index (Phi) is 8.58. The van der Waals surface area contributed by atoms with Gasteiger partial charge in [0.05, 0.1) is 5.57 Å². The molecule has 0 heterocycles. The van der Waals surface area contributed by atoms with Crippen LogP contribution in [0.4, 0.5) is 0 Å². The third kappa shape index (κ3) is 8.19. The van der Waals surface area contributed by atoms with Crippen LogP contribution >= 0.6 is 0 Å². The summed E-state index contributed by atoms with van der Waals surface area (Å²) in [5.74, 6) is 0.160. The van der Waals surface area contributed by atoms with Crippen LogP contribution in [-0.4, -0.2) is 18.5 Å². The predicted molar refractivity (Wildman–Crippen MR) is 74.3 cm³/mol. The van der Waals surface area contributed by atoms with Crippen LogP contribution in [-0.2, 0) is 19.1 Å². The first-order chi connectivity index (χ1) is 8.90. The molecule has 0 saturated carbocycles. The van der Waals surface area contributed by atoms with E-state index < -0.39 is 11.9 Å². The number of allylic oxidation sites excluding steroid dienone is 2. The second kappa shape index (κ2) is 9.36. The van der Waals surface area contributed by atoms with Gasteiger partial charge in [-0.15, -0.1) is 0 Å². The molecule has 0 fully saturated rings. The number of carbonyl (C=O) groups excluding carboxylic acids is 2. The SMILES string of the molecule is C=C(COC(C)=O)C(=O)O/C(C)=C\CC(CC)CC. The summed E-state index contributed by atoms with van der Waals surface area (Å²) in [6.07, 6.45) is 5.01. The highest BCUT2D eigenvalue weighted by molar-refractivity contribution is 5.89. The van der Waals surface area contributed by atoms with Gasteiger partial charge in [-0.1, -0.05) is 33.3 Å². The molecule has 19 heavy (non-hydrogen) atoms. The standard InChI is InChI=1S/C15H24O4/c1-6-14(7-2)9-8-12(4)19-15(17)11(3)10-18-13(5)16/h8,14H,3,6-7,9-10H2,1-2,4-5H3/b12-8-. The lowest BCUT2D eigenvalue weighted by atomic mass is 9.99. The molecule has 0 aromatic heterocycles. The Morgan fingerprint density at radius 1 is 1.21 bits per heavy atom. The Labute approximate surface area is 115 Å². The van der Waals surface area contributed by atoms with Crippen molar-refractivity contribution in [2.24, 2.45) is 5.92 Å². The molecule has 0 aliphatic heterocycles. The van der Waals surface area contributed by atoms with Crippen molar-refractivity contribution in [3.8, 4) is 0 Å². The third-order valence-corrected chi connectivity index (χ3v) is 2.89. The topological polar surface area (TPSA) is 52.6 Å². The van der Waals surface area contributed by atoms with Crippen molar-refractivity contribution >= 4 is 11.9 Å². The van der Waals surface area contributed by atoms with Gasteiger partial charge in [-0.05, 0) is 25.3 Å². The average molecular weight is 268 g/mol. The molecule has 0 saturated heterocycles. The van der Waals surface area contributed by atoms with Gasteiger partial charge in [0.25, 0.3) is 0 Å². The summed E-state index contributed by atoms with van der Waals surface area (Å²) in [6, 6.07) is 0. The zero-order valence-corrected chi connectivity index (χ0v) is 12.3. The number of hydrogen-bond acceptors (Lipinski definition) is 4. The van der Waals surface area contributed by atoms with Gasteiger partial charge in [-0.3, -0.25) is 4.79 Å². The van der Waals surface area contributed by atoms with Gasteiger partial charge in [0.1, 0.15) is 12.4 Å². The highest BCUT2D eigenvalue weighted by Crippen LogP contribution is 2.15. The summed E-state index contributed by atoms with van der Waals surface area (Å²) in [5, 5.41) is 0. The largest absolute Gasteiger partial charge is 0.461 e. The zero-order valence-electron chi connectivity index (χ0n) is 12.3. The fraction of sp³-hybridized carbons (Fsp3) is 0.600. The van der Waals surface area contributed by atoms with Crippen LogP contribution in [0.15, 0.2) is 24.0 Å². The van der Waals surface area contributed by atoms with Crippen molar-refractivity contribution in [2.45, 2.75) is 47.0 Å². The maximum absolute atomic E-state index is 11.6. The van der Waals surface area contributed by atoms with Gasteiger partial charge in [0, 0.05) is 6.92 Å². The monoisotopic (exact) mass is 268 g/mol. The van der Waals surface area contributed by atoms with Crippen LogP contribution in [0.3, 0.4) is 0 Å². The molecule has 108 valence electrons. The Morgan fingerprint density at radius 2 is 1.79 bits per heavy atom. The minimum atomic E-state index is -0.556. The molecule has 0 aliphatic rings. The Hall–Kier alpha value is -1.58. The molecule has 0 rings (SSSR count). The molecule has 0 bridgehead atoms. The summed E-state index contributed by atoms with van der Waals surface area (Å²) in [5.41, 5.74) is 0.130. The van der Waals surface area contributed by atoms with E-state index in [1.165, 1.54) is 6.92 Å². The third-order valence-electron chi connectivity index (χ3n) is 2.89. The zero-order chi connectivity index (χ0) is 14.8. The maximum atomic E-state index is 11.6. The van der Waals surface area contributed by atoms with Gasteiger partial charge < -0.3 is 9.47 Å². The molecule has 0 amide bonds. The van der Waals surface area contributed by atoms with Crippen molar-refractivity contribution < 1.29 is 19.1 Å². The predicted octanol–water partition coefficient (Wildman–Crippen LogP) is 3.38. The number of rotatable bonds is 8. The molecular weight excluding hydrogens is 244 g/mol. The molecule has 0 N–H and O–H groups in total. The first-order valence-corrected chi connectivity index (χ1v) is 6.60. The van der Waals surface area contributed by atoms with Gasteiger partial charge >= 0.3 is 11.9 Å². The highest BCUT2D eigenvalue weighted by atomic mass is 16.5. The molecule has 0 radical (unpaired) electrons. The minimum Gasteiger partial charge on any atom is -0.461 e. The summed E-state index contributed by atoms with van der Waals surface area (Å²) >= 11 is 0. The number of hydrogen-bond donors (Lipinski definition) is 0. The fourth-order valence-electron chi connectivity index (χ4n) is 1.46. The Balaban J connectivity index is 4.20. The van der Waals surface area contributed by atoms with E-state index in [0.29, 0.717) is 11.7 Å². The molecule has 0 aliphatic carbocycles. The number of carbonyl (C=O) groups is 2. The van der Waals surface area contributed by atoms with Crippen molar-refractivity contribution in [3.05, 3.63) is 24.0 Å². The van der Waals surface area contributed by atoms with Crippen LogP contribution in [0, 0.1) is 5.92 Å². The van der Waals surface area contributed by atoms with Gasteiger partial charge in [-0.25, -0.2) is 4.79 Å². The van der Waals surface area contributed by atoms with Gasteiger partial charge in [0.2, 0.25) is 0 Å². The lowest BCUT2D eigenvalue weighted by Crippen LogP contribution is -2.13. The van der Waals surface area contributed by atoms with Crippen LogP contribution in [0.1, 0.15) is 47.0 Å². The van der Waals surface area contributed by atoms with Crippen molar-refractivity contribution in [1.29, 1.82) is 0 Å². The normalized spacial score (nSPS) is 11.3. The molecule has 4 nitrogen and oxygen atoms in total. The van der Waals surface area contributed by atoms with Gasteiger partial charge in [0.15, 0.2) is 0 Å². The summed E-state index contributed by atoms with van der Waals surface area (Å²) in [6.45, 7) is 10.7. The van der Waals surface area contributed by atoms with Crippen LogP contribution in [0.2, 0.25) is 0 Å².